The summed E-state index contributed by atoms with van der Waals surface area (Å²) in [4.78, 5) is 21.2. The molecule has 0 heterocycles. The van der Waals surface area contributed by atoms with Crippen molar-refractivity contribution in [3.63, 3.8) is 0 Å². The lowest BCUT2D eigenvalue weighted by Crippen LogP contribution is -2.19. The molecule has 2 N–H and O–H groups in total. The van der Waals surface area contributed by atoms with Gasteiger partial charge in [0.05, 0.1) is 10.8 Å². The molecule has 0 aromatic heterocycles. The largest absolute Gasteiger partial charge is 0.481 e. The third kappa shape index (κ3) is 3.03. The van der Waals surface area contributed by atoms with E-state index >= 15 is 0 Å². The molecular formula is C12H11ClN2O4. The minimum atomic E-state index is -0.902. The third-order valence-corrected chi connectivity index (χ3v) is 3.13. The Balaban J connectivity index is 2.16. The Hall–Kier alpha value is -2.08. The van der Waals surface area contributed by atoms with E-state index < -0.39 is 16.8 Å². The number of nitro benzene ring substituents is 1. The second-order valence-corrected chi connectivity index (χ2v) is 4.67. The predicted molar refractivity (Wildman–Crippen MR) is 70.4 cm³/mol. The summed E-state index contributed by atoms with van der Waals surface area (Å²) in [6.45, 7) is 0. The molecule has 0 fully saturated rings. The molecule has 0 saturated heterocycles. The van der Waals surface area contributed by atoms with Crippen molar-refractivity contribution in [1.29, 1.82) is 0 Å². The van der Waals surface area contributed by atoms with Crippen molar-refractivity contribution in [3.05, 3.63) is 45.5 Å². The highest BCUT2D eigenvalue weighted by atomic mass is 35.5. The number of nitrogens with one attached hydrogen (secondary N) is 1. The van der Waals surface area contributed by atoms with Gasteiger partial charge in [-0.05, 0) is 18.6 Å². The van der Waals surface area contributed by atoms with Crippen LogP contribution >= 0.6 is 11.6 Å². The molecule has 1 aliphatic rings. The van der Waals surface area contributed by atoms with Gasteiger partial charge in [-0.3, -0.25) is 14.9 Å². The topological polar surface area (TPSA) is 92.5 Å². The normalized spacial score (nSPS) is 21.3. The van der Waals surface area contributed by atoms with E-state index in [1.807, 2.05) is 0 Å². The van der Waals surface area contributed by atoms with Crippen molar-refractivity contribution in [2.75, 3.05) is 5.32 Å². The van der Waals surface area contributed by atoms with Crippen LogP contribution in [0.15, 0.2) is 30.4 Å². The number of carboxylic acid groups (broad SMARTS) is 1. The number of anilines is 1. The van der Waals surface area contributed by atoms with Crippen LogP contribution in [-0.2, 0) is 4.79 Å². The van der Waals surface area contributed by atoms with Gasteiger partial charge in [-0.1, -0.05) is 23.8 Å². The van der Waals surface area contributed by atoms with Crippen LogP contribution < -0.4 is 5.32 Å². The van der Waals surface area contributed by atoms with Crippen molar-refractivity contribution in [3.8, 4) is 0 Å². The molecule has 19 heavy (non-hydrogen) atoms. The fourth-order valence-corrected chi connectivity index (χ4v) is 2.14. The number of aliphatic carboxylic acids is 1. The SMILES string of the molecule is O=C(O)C1C=CC(Nc2cc(Cl)ccc2[N+](=O)[O-])C1. The summed E-state index contributed by atoms with van der Waals surface area (Å²) in [5.74, 6) is -1.46. The van der Waals surface area contributed by atoms with Gasteiger partial charge in [-0.25, -0.2) is 0 Å². The zero-order chi connectivity index (χ0) is 14.0. The number of rotatable bonds is 4. The van der Waals surface area contributed by atoms with E-state index in [0.717, 1.165) is 0 Å². The minimum Gasteiger partial charge on any atom is -0.481 e. The summed E-state index contributed by atoms with van der Waals surface area (Å²) in [5, 5.41) is 23.1. The second-order valence-electron chi connectivity index (χ2n) is 4.23. The molecule has 0 aliphatic heterocycles. The lowest BCUT2D eigenvalue weighted by Gasteiger charge is -2.13. The maximum atomic E-state index is 10.9. The molecule has 1 aliphatic carbocycles. The summed E-state index contributed by atoms with van der Waals surface area (Å²) in [7, 11) is 0. The number of nitrogens with zero attached hydrogens (tertiary/aromatic N) is 1. The quantitative estimate of drug-likeness (QED) is 0.503. The number of benzene rings is 1. The first-order valence-corrected chi connectivity index (χ1v) is 5.97. The molecule has 0 amide bonds. The number of carbonyl (C=O) groups is 1. The lowest BCUT2D eigenvalue weighted by molar-refractivity contribution is -0.384. The number of carboxylic acids is 1. The summed E-state index contributed by atoms with van der Waals surface area (Å²) in [6, 6.07) is 3.97. The van der Waals surface area contributed by atoms with Gasteiger partial charge in [-0.2, -0.15) is 0 Å². The predicted octanol–water partition coefficient (Wildman–Crippen LogP) is 2.69. The van der Waals surface area contributed by atoms with Crippen molar-refractivity contribution < 1.29 is 14.8 Å². The van der Waals surface area contributed by atoms with Gasteiger partial charge >= 0.3 is 5.97 Å². The van der Waals surface area contributed by atoms with Crippen LogP contribution in [0.4, 0.5) is 11.4 Å². The zero-order valence-corrected chi connectivity index (χ0v) is 10.5. The molecule has 0 saturated carbocycles. The number of hydrogen-bond donors (Lipinski definition) is 2. The van der Waals surface area contributed by atoms with Crippen LogP contribution in [0.3, 0.4) is 0 Å². The molecule has 7 heteroatoms. The van der Waals surface area contributed by atoms with Gasteiger partial charge in [0.25, 0.3) is 5.69 Å². The molecule has 0 spiro atoms. The van der Waals surface area contributed by atoms with Crippen molar-refractivity contribution in [2.24, 2.45) is 5.92 Å². The molecule has 2 rings (SSSR count). The zero-order valence-electron chi connectivity index (χ0n) is 9.75. The number of nitro groups is 1. The Morgan fingerprint density at radius 1 is 1.47 bits per heavy atom. The molecule has 0 radical (unpaired) electrons. The smallest absolute Gasteiger partial charge is 0.310 e. The first-order valence-electron chi connectivity index (χ1n) is 5.59. The molecule has 1 aromatic carbocycles. The average molecular weight is 283 g/mol. The van der Waals surface area contributed by atoms with Crippen LogP contribution in [0.5, 0.6) is 0 Å². The van der Waals surface area contributed by atoms with Crippen LogP contribution in [-0.4, -0.2) is 22.0 Å². The van der Waals surface area contributed by atoms with Gasteiger partial charge in [-0.15, -0.1) is 0 Å². The summed E-state index contributed by atoms with van der Waals surface area (Å²) in [5.41, 5.74) is 0.203. The Bertz CT molecular complexity index is 559. The third-order valence-electron chi connectivity index (χ3n) is 2.90. The van der Waals surface area contributed by atoms with Gasteiger partial charge in [0.1, 0.15) is 5.69 Å². The number of hydrogen-bond acceptors (Lipinski definition) is 4. The van der Waals surface area contributed by atoms with Crippen molar-refractivity contribution >= 4 is 28.9 Å². The van der Waals surface area contributed by atoms with E-state index in [1.165, 1.54) is 18.2 Å². The lowest BCUT2D eigenvalue weighted by atomic mass is 10.1. The number of halogens is 1. The standard InChI is InChI=1S/C12H11ClN2O4/c13-8-2-4-11(15(18)19)10(6-8)14-9-3-1-7(5-9)12(16)17/h1-4,6-7,9,14H,5H2,(H,16,17). The van der Waals surface area contributed by atoms with Crippen molar-refractivity contribution in [1.82, 2.24) is 0 Å². The molecule has 2 atom stereocenters. The summed E-state index contributed by atoms with van der Waals surface area (Å²) in [6.07, 6.45) is 3.64. The Morgan fingerprint density at radius 3 is 2.79 bits per heavy atom. The second kappa shape index (κ2) is 5.27. The monoisotopic (exact) mass is 282 g/mol. The van der Waals surface area contributed by atoms with E-state index in [9.17, 15) is 14.9 Å². The Kier molecular flexibility index (Phi) is 3.71. The highest BCUT2D eigenvalue weighted by Crippen LogP contribution is 2.30. The molecule has 100 valence electrons. The summed E-state index contributed by atoms with van der Waals surface area (Å²) < 4.78 is 0. The molecular weight excluding hydrogens is 272 g/mol. The molecule has 2 unspecified atom stereocenters. The Labute approximate surface area is 113 Å². The van der Waals surface area contributed by atoms with E-state index in [1.54, 1.807) is 12.2 Å². The van der Waals surface area contributed by atoms with E-state index in [-0.39, 0.29) is 17.4 Å². The van der Waals surface area contributed by atoms with E-state index in [4.69, 9.17) is 16.7 Å². The molecule has 1 aromatic rings. The molecule has 0 bridgehead atoms. The first kappa shape index (κ1) is 13.4. The fraction of sp³-hybridized carbons (Fsp3) is 0.250. The highest BCUT2D eigenvalue weighted by molar-refractivity contribution is 6.31. The fourth-order valence-electron chi connectivity index (χ4n) is 1.97. The van der Waals surface area contributed by atoms with Crippen LogP contribution in [0.1, 0.15) is 6.42 Å². The van der Waals surface area contributed by atoms with E-state index in [0.29, 0.717) is 11.4 Å². The minimum absolute atomic E-state index is 0.0865. The van der Waals surface area contributed by atoms with Gasteiger partial charge in [0, 0.05) is 17.1 Å². The van der Waals surface area contributed by atoms with E-state index in [2.05, 4.69) is 5.32 Å². The van der Waals surface area contributed by atoms with Crippen LogP contribution in [0.25, 0.3) is 0 Å². The Morgan fingerprint density at radius 2 is 2.21 bits per heavy atom. The van der Waals surface area contributed by atoms with Crippen LogP contribution in [0.2, 0.25) is 5.02 Å². The first-order chi connectivity index (χ1) is 8.97. The van der Waals surface area contributed by atoms with Gasteiger partial charge in [0.15, 0.2) is 0 Å². The van der Waals surface area contributed by atoms with Crippen molar-refractivity contribution in [2.45, 2.75) is 12.5 Å². The highest BCUT2D eigenvalue weighted by Gasteiger charge is 2.26. The summed E-state index contributed by atoms with van der Waals surface area (Å²) >= 11 is 5.81. The maximum absolute atomic E-state index is 10.9. The molecule has 6 nitrogen and oxygen atoms in total. The van der Waals surface area contributed by atoms with Crippen LogP contribution in [0, 0.1) is 16.0 Å². The van der Waals surface area contributed by atoms with Gasteiger partial charge < -0.3 is 10.4 Å². The average Bonchev–Trinajstić information content (AvgIpc) is 2.77. The van der Waals surface area contributed by atoms with Gasteiger partial charge in [0.2, 0.25) is 0 Å². The maximum Gasteiger partial charge on any atom is 0.310 e.